The van der Waals surface area contributed by atoms with Crippen molar-refractivity contribution >= 4 is 11.9 Å². The van der Waals surface area contributed by atoms with Crippen molar-refractivity contribution in [2.24, 2.45) is 0 Å². The summed E-state index contributed by atoms with van der Waals surface area (Å²) in [5.74, 6) is 0.335. The molecule has 0 saturated heterocycles. The van der Waals surface area contributed by atoms with Crippen molar-refractivity contribution in [3.63, 3.8) is 0 Å². The number of carbonyl (C=O) groups is 2. The van der Waals surface area contributed by atoms with Gasteiger partial charge >= 0.3 is 5.97 Å². The molecular formula is C23H29NO4. The summed E-state index contributed by atoms with van der Waals surface area (Å²) in [5, 5.41) is 11.3. The molecule has 2 rings (SSSR count). The van der Waals surface area contributed by atoms with E-state index >= 15 is 0 Å². The highest BCUT2D eigenvalue weighted by molar-refractivity contribution is 5.80. The van der Waals surface area contributed by atoms with Gasteiger partial charge in [0.25, 0.3) is 0 Å². The Bertz CT molecular complexity index is 819. The normalized spacial score (nSPS) is 11.1. The van der Waals surface area contributed by atoms with Crippen molar-refractivity contribution in [2.75, 3.05) is 0 Å². The Morgan fingerprint density at radius 3 is 2.21 bits per heavy atom. The maximum atomic E-state index is 11.6. The quantitative estimate of drug-likeness (QED) is 0.685. The van der Waals surface area contributed by atoms with Crippen LogP contribution in [0.15, 0.2) is 42.5 Å². The number of hydrogen-bond acceptors (Lipinski definition) is 3. The van der Waals surface area contributed by atoms with Crippen LogP contribution >= 0.6 is 0 Å². The molecule has 0 heterocycles. The van der Waals surface area contributed by atoms with E-state index in [4.69, 9.17) is 9.84 Å². The number of ether oxygens (including phenoxy) is 1. The van der Waals surface area contributed by atoms with Crippen molar-refractivity contribution in [1.82, 2.24) is 5.32 Å². The molecule has 0 spiro atoms. The molecule has 0 bridgehead atoms. The maximum Gasteiger partial charge on any atom is 0.303 e. The predicted octanol–water partition coefficient (Wildman–Crippen LogP) is 4.82. The van der Waals surface area contributed by atoms with Crippen LogP contribution in [0.3, 0.4) is 0 Å². The maximum absolute atomic E-state index is 11.6. The predicted molar refractivity (Wildman–Crippen MR) is 110 cm³/mol. The molecule has 1 amide bonds. The minimum absolute atomic E-state index is 0.0140. The standard InChI is InChI=1S/C23H29NO4/c1-5-16-8-11-20(19(14-16)23(2,3)4)28-18-9-6-17(7-10-18)15-24-21(25)12-13-22(26)27/h6-11,14H,5,12-13,15H2,1-4H3,(H,24,25)(H,26,27). The largest absolute Gasteiger partial charge is 0.481 e. The van der Waals surface area contributed by atoms with Crippen LogP contribution in [0.25, 0.3) is 0 Å². The molecule has 0 aromatic heterocycles. The third kappa shape index (κ3) is 6.41. The van der Waals surface area contributed by atoms with E-state index in [0.29, 0.717) is 6.54 Å². The number of amides is 1. The highest BCUT2D eigenvalue weighted by atomic mass is 16.5. The van der Waals surface area contributed by atoms with Crippen molar-refractivity contribution < 1.29 is 19.4 Å². The summed E-state index contributed by atoms with van der Waals surface area (Å²) in [6.07, 6.45) is 0.807. The zero-order chi connectivity index (χ0) is 20.7. The first kappa shape index (κ1) is 21.5. The zero-order valence-electron chi connectivity index (χ0n) is 17.0. The van der Waals surface area contributed by atoms with Crippen molar-refractivity contribution in [3.8, 4) is 11.5 Å². The molecule has 2 N–H and O–H groups in total. The summed E-state index contributed by atoms with van der Waals surface area (Å²) in [6.45, 7) is 9.01. The van der Waals surface area contributed by atoms with Gasteiger partial charge in [-0.15, -0.1) is 0 Å². The van der Waals surface area contributed by atoms with Gasteiger partial charge in [0.15, 0.2) is 0 Å². The third-order valence-electron chi connectivity index (χ3n) is 4.47. The van der Waals surface area contributed by atoms with Crippen LogP contribution in [0.4, 0.5) is 0 Å². The van der Waals surface area contributed by atoms with E-state index in [0.717, 1.165) is 23.5 Å². The van der Waals surface area contributed by atoms with Gasteiger partial charge in [-0.05, 0) is 41.2 Å². The van der Waals surface area contributed by atoms with E-state index in [2.05, 4.69) is 45.1 Å². The fourth-order valence-electron chi connectivity index (χ4n) is 2.78. The lowest BCUT2D eigenvalue weighted by Gasteiger charge is -2.23. The summed E-state index contributed by atoms with van der Waals surface area (Å²) in [4.78, 5) is 22.1. The van der Waals surface area contributed by atoms with Crippen molar-refractivity contribution in [1.29, 1.82) is 0 Å². The van der Waals surface area contributed by atoms with E-state index in [1.807, 2.05) is 30.3 Å². The van der Waals surface area contributed by atoms with E-state index < -0.39 is 5.97 Å². The Balaban J connectivity index is 2.03. The molecule has 0 unspecified atom stereocenters. The summed E-state index contributed by atoms with van der Waals surface area (Å²) in [7, 11) is 0. The first-order valence-corrected chi connectivity index (χ1v) is 9.57. The van der Waals surface area contributed by atoms with Crippen LogP contribution in [-0.4, -0.2) is 17.0 Å². The molecule has 0 fully saturated rings. The molecule has 2 aromatic rings. The van der Waals surface area contributed by atoms with Crippen LogP contribution < -0.4 is 10.1 Å². The van der Waals surface area contributed by atoms with Crippen molar-refractivity contribution in [2.45, 2.75) is 58.9 Å². The van der Waals surface area contributed by atoms with E-state index in [1.54, 1.807) is 0 Å². The molecule has 150 valence electrons. The number of benzene rings is 2. The molecular weight excluding hydrogens is 354 g/mol. The fraction of sp³-hybridized carbons (Fsp3) is 0.391. The summed E-state index contributed by atoms with van der Waals surface area (Å²) >= 11 is 0. The first-order chi connectivity index (χ1) is 13.2. The van der Waals surface area contributed by atoms with Gasteiger partial charge in [0, 0.05) is 18.5 Å². The second kappa shape index (κ2) is 9.40. The second-order valence-corrected chi connectivity index (χ2v) is 7.85. The molecule has 28 heavy (non-hydrogen) atoms. The molecule has 0 aliphatic carbocycles. The van der Waals surface area contributed by atoms with Gasteiger partial charge in [0.2, 0.25) is 5.91 Å². The van der Waals surface area contributed by atoms with Crippen LogP contribution in [0, 0.1) is 0 Å². The number of aryl methyl sites for hydroxylation is 1. The number of hydrogen-bond donors (Lipinski definition) is 2. The molecule has 0 atom stereocenters. The number of nitrogens with one attached hydrogen (secondary N) is 1. The topological polar surface area (TPSA) is 75.6 Å². The Labute approximate surface area is 166 Å². The monoisotopic (exact) mass is 383 g/mol. The number of aliphatic carboxylic acids is 1. The van der Waals surface area contributed by atoms with E-state index in [-0.39, 0.29) is 24.2 Å². The zero-order valence-corrected chi connectivity index (χ0v) is 17.0. The lowest BCUT2D eigenvalue weighted by atomic mass is 9.85. The van der Waals surface area contributed by atoms with E-state index in [1.165, 1.54) is 11.1 Å². The van der Waals surface area contributed by atoms with Crippen LogP contribution in [0.1, 0.15) is 57.2 Å². The molecule has 0 saturated carbocycles. The lowest BCUT2D eigenvalue weighted by molar-refractivity contribution is -0.138. The fourth-order valence-corrected chi connectivity index (χ4v) is 2.78. The Kier molecular flexibility index (Phi) is 7.21. The summed E-state index contributed by atoms with van der Waals surface area (Å²) in [5.41, 5.74) is 3.35. The number of carboxylic acids is 1. The Morgan fingerprint density at radius 2 is 1.64 bits per heavy atom. The molecule has 2 aromatic carbocycles. The number of carboxylic acid groups (broad SMARTS) is 1. The van der Waals surface area contributed by atoms with Gasteiger partial charge in [-0.3, -0.25) is 9.59 Å². The Hall–Kier alpha value is -2.82. The van der Waals surface area contributed by atoms with Crippen LogP contribution in [-0.2, 0) is 28.0 Å². The molecule has 0 aliphatic heterocycles. The van der Waals surface area contributed by atoms with Gasteiger partial charge in [-0.25, -0.2) is 0 Å². The lowest BCUT2D eigenvalue weighted by Crippen LogP contribution is -2.23. The van der Waals surface area contributed by atoms with Crippen LogP contribution in [0.5, 0.6) is 11.5 Å². The van der Waals surface area contributed by atoms with Crippen molar-refractivity contribution in [3.05, 3.63) is 59.2 Å². The molecule has 5 nitrogen and oxygen atoms in total. The minimum atomic E-state index is -0.974. The number of rotatable bonds is 8. The van der Waals surface area contributed by atoms with Gasteiger partial charge in [0.1, 0.15) is 11.5 Å². The van der Waals surface area contributed by atoms with Gasteiger partial charge in [-0.1, -0.05) is 52.0 Å². The summed E-state index contributed by atoms with van der Waals surface area (Å²) in [6, 6.07) is 13.9. The van der Waals surface area contributed by atoms with Crippen LogP contribution in [0.2, 0.25) is 0 Å². The summed E-state index contributed by atoms with van der Waals surface area (Å²) < 4.78 is 6.13. The number of carbonyl (C=O) groups excluding carboxylic acids is 1. The van der Waals surface area contributed by atoms with Gasteiger partial charge in [0.05, 0.1) is 6.42 Å². The highest BCUT2D eigenvalue weighted by Gasteiger charge is 2.20. The minimum Gasteiger partial charge on any atom is -0.481 e. The third-order valence-corrected chi connectivity index (χ3v) is 4.47. The Morgan fingerprint density at radius 1 is 1.00 bits per heavy atom. The van der Waals surface area contributed by atoms with Gasteiger partial charge < -0.3 is 15.2 Å². The first-order valence-electron chi connectivity index (χ1n) is 9.57. The average molecular weight is 383 g/mol. The molecule has 0 aliphatic rings. The SMILES string of the molecule is CCc1ccc(Oc2ccc(CNC(=O)CCC(=O)O)cc2)c(C(C)(C)C)c1. The van der Waals surface area contributed by atoms with E-state index in [9.17, 15) is 9.59 Å². The second-order valence-electron chi connectivity index (χ2n) is 7.85. The molecule has 5 heteroatoms. The highest BCUT2D eigenvalue weighted by Crippen LogP contribution is 2.35. The molecule has 0 radical (unpaired) electrons. The van der Waals surface area contributed by atoms with Gasteiger partial charge in [-0.2, -0.15) is 0 Å². The average Bonchev–Trinajstić information content (AvgIpc) is 2.65. The smallest absolute Gasteiger partial charge is 0.303 e.